The number of carbonyl (C=O) groups is 1. The van der Waals surface area contributed by atoms with Crippen molar-refractivity contribution in [3.05, 3.63) is 76.5 Å². The molecular weight excluding hydrogens is 310 g/mol. The Morgan fingerprint density at radius 3 is 2.75 bits per heavy atom. The fourth-order valence-electron chi connectivity index (χ4n) is 2.22. The summed E-state index contributed by atoms with van der Waals surface area (Å²) in [6.45, 7) is 1.59. The van der Waals surface area contributed by atoms with E-state index in [1.165, 1.54) is 18.3 Å². The second kappa shape index (κ2) is 6.29. The number of hydrogen-bond acceptors (Lipinski definition) is 5. The lowest BCUT2D eigenvalue weighted by atomic mass is 10.1. The van der Waals surface area contributed by atoms with Crippen molar-refractivity contribution in [3.63, 3.8) is 0 Å². The van der Waals surface area contributed by atoms with Crippen LogP contribution in [0.3, 0.4) is 0 Å². The molecule has 0 bridgehead atoms. The van der Waals surface area contributed by atoms with Crippen LogP contribution in [0, 0.1) is 17.0 Å². The number of rotatable bonds is 4. The van der Waals surface area contributed by atoms with Gasteiger partial charge in [-0.15, -0.1) is 0 Å². The average molecular weight is 323 g/mol. The monoisotopic (exact) mass is 323 g/mol. The van der Waals surface area contributed by atoms with E-state index in [-0.39, 0.29) is 11.6 Å². The summed E-state index contributed by atoms with van der Waals surface area (Å²) >= 11 is 0. The molecule has 3 rings (SSSR count). The van der Waals surface area contributed by atoms with Gasteiger partial charge in [0.2, 0.25) is 0 Å². The highest BCUT2D eigenvalue weighted by molar-refractivity contribution is 6.04. The number of amides is 1. The highest BCUT2D eigenvalue weighted by atomic mass is 16.6. The zero-order chi connectivity index (χ0) is 17.1. The van der Waals surface area contributed by atoms with E-state index in [0.29, 0.717) is 22.6 Å². The number of anilines is 1. The first-order valence-electron chi connectivity index (χ1n) is 7.06. The van der Waals surface area contributed by atoms with Gasteiger partial charge in [0.25, 0.3) is 11.6 Å². The van der Waals surface area contributed by atoms with Crippen LogP contribution in [-0.4, -0.2) is 25.4 Å². The quantitative estimate of drug-likeness (QED) is 0.587. The SMILES string of the molecule is Cc1c(NC(=O)c2ccc(-n3ccnc3)nc2)cccc1[N+](=O)[O-]. The van der Waals surface area contributed by atoms with Crippen molar-refractivity contribution in [1.29, 1.82) is 0 Å². The van der Waals surface area contributed by atoms with E-state index in [0.717, 1.165) is 0 Å². The van der Waals surface area contributed by atoms with E-state index < -0.39 is 4.92 Å². The second-order valence-electron chi connectivity index (χ2n) is 5.04. The van der Waals surface area contributed by atoms with Gasteiger partial charge >= 0.3 is 0 Å². The molecule has 0 spiro atoms. The van der Waals surface area contributed by atoms with Crippen LogP contribution < -0.4 is 5.32 Å². The minimum atomic E-state index is -0.480. The average Bonchev–Trinajstić information content (AvgIpc) is 3.11. The molecule has 0 aliphatic carbocycles. The molecule has 0 saturated heterocycles. The molecule has 0 atom stereocenters. The van der Waals surface area contributed by atoms with Crippen LogP contribution >= 0.6 is 0 Å². The molecular formula is C16H13N5O3. The summed E-state index contributed by atoms with van der Waals surface area (Å²) in [6.07, 6.45) is 6.42. The molecule has 1 aromatic carbocycles. The fraction of sp³-hybridized carbons (Fsp3) is 0.0625. The Labute approximate surface area is 136 Å². The van der Waals surface area contributed by atoms with E-state index in [9.17, 15) is 14.9 Å². The molecule has 2 aromatic heterocycles. The van der Waals surface area contributed by atoms with Crippen LogP contribution in [-0.2, 0) is 0 Å². The lowest BCUT2D eigenvalue weighted by Crippen LogP contribution is -2.13. The minimum absolute atomic E-state index is 0.0404. The summed E-state index contributed by atoms with van der Waals surface area (Å²) < 4.78 is 1.71. The number of hydrogen-bond donors (Lipinski definition) is 1. The largest absolute Gasteiger partial charge is 0.321 e. The summed E-state index contributed by atoms with van der Waals surface area (Å²) in [5.41, 5.74) is 1.11. The zero-order valence-electron chi connectivity index (χ0n) is 12.7. The van der Waals surface area contributed by atoms with Gasteiger partial charge in [-0.25, -0.2) is 9.97 Å². The van der Waals surface area contributed by atoms with Crippen LogP contribution in [0.15, 0.2) is 55.2 Å². The number of pyridine rings is 1. The minimum Gasteiger partial charge on any atom is -0.321 e. The highest BCUT2D eigenvalue weighted by Gasteiger charge is 2.15. The van der Waals surface area contributed by atoms with Gasteiger partial charge in [-0.05, 0) is 25.1 Å². The third-order valence-corrected chi connectivity index (χ3v) is 3.53. The molecule has 8 nitrogen and oxygen atoms in total. The summed E-state index contributed by atoms with van der Waals surface area (Å²) in [5, 5.41) is 13.6. The normalized spacial score (nSPS) is 10.4. The Bertz CT molecular complexity index is 889. The van der Waals surface area contributed by atoms with Crippen molar-refractivity contribution in [2.75, 3.05) is 5.32 Å². The molecule has 3 aromatic rings. The van der Waals surface area contributed by atoms with Gasteiger partial charge in [0.1, 0.15) is 12.1 Å². The molecule has 8 heteroatoms. The zero-order valence-corrected chi connectivity index (χ0v) is 12.7. The highest BCUT2D eigenvalue weighted by Crippen LogP contribution is 2.25. The van der Waals surface area contributed by atoms with Gasteiger partial charge in [0.05, 0.1) is 21.7 Å². The van der Waals surface area contributed by atoms with E-state index in [4.69, 9.17) is 0 Å². The third-order valence-electron chi connectivity index (χ3n) is 3.53. The molecule has 1 amide bonds. The van der Waals surface area contributed by atoms with E-state index in [1.807, 2.05) is 0 Å². The first kappa shape index (κ1) is 15.3. The first-order valence-corrected chi connectivity index (χ1v) is 7.06. The maximum Gasteiger partial charge on any atom is 0.274 e. The molecule has 0 radical (unpaired) electrons. The van der Waals surface area contributed by atoms with Crippen molar-refractivity contribution in [2.45, 2.75) is 6.92 Å². The number of nitro groups is 1. The fourth-order valence-corrected chi connectivity index (χ4v) is 2.22. The number of nitrogens with one attached hydrogen (secondary N) is 1. The predicted octanol–water partition coefficient (Wildman–Crippen LogP) is 2.74. The number of aromatic nitrogens is 3. The molecule has 0 aliphatic rings. The summed E-state index contributed by atoms with van der Waals surface area (Å²) in [5.74, 6) is 0.249. The van der Waals surface area contributed by atoms with E-state index in [2.05, 4.69) is 15.3 Å². The van der Waals surface area contributed by atoms with Crippen LogP contribution in [0.1, 0.15) is 15.9 Å². The van der Waals surface area contributed by atoms with Gasteiger partial charge in [-0.3, -0.25) is 19.5 Å². The van der Waals surface area contributed by atoms with Crippen molar-refractivity contribution in [1.82, 2.24) is 14.5 Å². The Hall–Kier alpha value is -3.55. The van der Waals surface area contributed by atoms with Gasteiger partial charge in [0.15, 0.2) is 0 Å². The lowest BCUT2D eigenvalue weighted by molar-refractivity contribution is -0.385. The topological polar surface area (TPSA) is 103 Å². The number of nitro benzene ring substituents is 1. The van der Waals surface area contributed by atoms with Gasteiger partial charge in [-0.2, -0.15) is 0 Å². The molecule has 0 aliphatic heterocycles. The standard InChI is InChI=1S/C16H13N5O3/c1-11-13(3-2-4-14(11)21(23)24)19-16(22)12-5-6-15(18-9-12)20-8-7-17-10-20/h2-10H,1H3,(H,19,22). The maximum absolute atomic E-state index is 12.3. The summed E-state index contributed by atoms with van der Waals surface area (Å²) in [7, 11) is 0. The van der Waals surface area contributed by atoms with Crippen molar-refractivity contribution in [3.8, 4) is 5.82 Å². The van der Waals surface area contributed by atoms with Crippen LogP contribution in [0.5, 0.6) is 0 Å². The Morgan fingerprint density at radius 2 is 2.12 bits per heavy atom. The Kier molecular flexibility index (Phi) is 4.02. The molecule has 0 fully saturated rings. The van der Waals surface area contributed by atoms with Crippen LogP contribution in [0.2, 0.25) is 0 Å². The van der Waals surface area contributed by atoms with Crippen LogP contribution in [0.4, 0.5) is 11.4 Å². The summed E-state index contributed by atoms with van der Waals surface area (Å²) in [4.78, 5) is 30.9. The first-order chi connectivity index (χ1) is 11.6. The van der Waals surface area contributed by atoms with Crippen molar-refractivity contribution < 1.29 is 9.72 Å². The molecule has 24 heavy (non-hydrogen) atoms. The van der Waals surface area contributed by atoms with Gasteiger partial charge in [0, 0.05) is 24.7 Å². The predicted molar refractivity (Wildman–Crippen MR) is 87.1 cm³/mol. The molecule has 0 saturated carbocycles. The number of nitrogens with zero attached hydrogens (tertiary/aromatic N) is 4. The number of imidazole rings is 1. The van der Waals surface area contributed by atoms with E-state index >= 15 is 0 Å². The lowest BCUT2D eigenvalue weighted by Gasteiger charge is -2.09. The van der Waals surface area contributed by atoms with Gasteiger partial charge in [-0.1, -0.05) is 6.07 Å². The maximum atomic E-state index is 12.3. The Morgan fingerprint density at radius 1 is 1.29 bits per heavy atom. The third kappa shape index (κ3) is 2.98. The van der Waals surface area contributed by atoms with Crippen LogP contribution in [0.25, 0.3) is 5.82 Å². The smallest absolute Gasteiger partial charge is 0.274 e. The van der Waals surface area contributed by atoms with Crippen molar-refractivity contribution >= 4 is 17.3 Å². The van der Waals surface area contributed by atoms with Crippen molar-refractivity contribution in [2.24, 2.45) is 0 Å². The van der Waals surface area contributed by atoms with Gasteiger partial charge < -0.3 is 5.32 Å². The molecule has 120 valence electrons. The molecule has 2 heterocycles. The Balaban J connectivity index is 1.81. The second-order valence-corrected chi connectivity index (χ2v) is 5.04. The number of carbonyl (C=O) groups excluding carboxylic acids is 1. The summed E-state index contributed by atoms with van der Waals surface area (Å²) in [6, 6.07) is 7.86. The van der Waals surface area contributed by atoms with E-state index in [1.54, 1.807) is 48.4 Å². The molecule has 0 unspecified atom stereocenters. The molecule has 1 N–H and O–H groups in total. The number of benzene rings is 1.